The molecular formula is C46H29NS. The zero-order valence-electron chi connectivity index (χ0n) is 26.1. The second-order valence-corrected chi connectivity index (χ2v) is 13.6. The van der Waals surface area contributed by atoms with Gasteiger partial charge in [0, 0.05) is 37.2 Å². The number of fused-ring (bicyclic) bond motifs is 9. The number of benzene rings is 9. The maximum atomic E-state index is 2.41. The molecule has 1 aromatic heterocycles. The molecule has 1 heterocycles. The average Bonchev–Trinajstić information content (AvgIpc) is 3.53. The monoisotopic (exact) mass is 627 g/mol. The van der Waals surface area contributed by atoms with Crippen molar-refractivity contribution < 1.29 is 0 Å². The minimum Gasteiger partial charge on any atom is -0.310 e. The first kappa shape index (κ1) is 27.2. The summed E-state index contributed by atoms with van der Waals surface area (Å²) in [6, 6.07) is 64.6. The van der Waals surface area contributed by atoms with Gasteiger partial charge in [0.25, 0.3) is 0 Å². The lowest BCUT2D eigenvalue weighted by Crippen LogP contribution is -2.09. The molecule has 9 aromatic carbocycles. The molecule has 10 rings (SSSR count). The Balaban J connectivity index is 1.16. The van der Waals surface area contributed by atoms with Gasteiger partial charge in [-0.3, -0.25) is 0 Å². The summed E-state index contributed by atoms with van der Waals surface area (Å²) in [6.45, 7) is 0. The third-order valence-electron chi connectivity index (χ3n) is 9.83. The molecule has 0 aliphatic rings. The molecule has 1 nitrogen and oxygen atoms in total. The third-order valence-corrected chi connectivity index (χ3v) is 11.0. The number of rotatable bonds is 4. The SMILES string of the molecule is c1ccc2c(c1)ccc1ccc(N(c3ccc(-c4cccc5c4ccc4ccccc45)cc3)c3ccc4sc5ccccc5c4c3)cc12. The molecule has 0 saturated heterocycles. The van der Waals surface area contributed by atoms with Gasteiger partial charge in [0.05, 0.1) is 0 Å². The van der Waals surface area contributed by atoms with E-state index in [2.05, 4.69) is 181 Å². The van der Waals surface area contributed by atoms with Crippen molar-refractivity contribution in [3.05, 3.63) is 176 Å². The van der Waals surface area contributed by atoms with Crippen LogP contribution in [0, 0.1) is 0 Å². The Kier molecular flexibility index (Phi) is 6.12. The van der Waals surface area contributed by atoms with E-state index in [1.807, 2.05) is 11.3 Å². The minimum atomic E-state index is 1.13. The summed E-state index contributed by atoms with van der Waals surface area (Å²) < 4.78 is 2.63. The van der Waals surface area contributed by atoms with Crippen molar-refractivity contribution in [2.45, 2.75) is 0 Å². The van der Waals surface area contributed by atoms with Gasteiger partial charge >= 0.3 is 0 Å². The van der Waals surface area contributed by atoms with Gasteiger partial charge in [-0.15, -0.1) is 11.3 Å². The Labute approximate surface area is 282 Å². The first-order valence-corrected chi connectivity index (χ1v) is 17.2. The van der Waals surface area contributed by atoms with E-state index in [-0.39, 0.29) is 0 Å². The first-order chi connectivity index (χ1) is 23.8. The van der Waals surface area contributed by atoms with Crippen LogP contribution in [0.2, 0.25) is 0 Å². The van der Waals surface area contributed by atoms with Crippen molar-refractivity contribution in [1.82, 2.24) is 0 Å². The lowest BCUT2D eigenvalue weighted by molar-refractivity contribution is 1.30. The molecule has 0 amide bonds. The van der Waals surface area contributed by atoms with Crippen LogP contribution in [0.3, 0.4) is 0 Å². The zero-order chi connectivity index (χ0) is 31.6. The number of anilines is 3. The number of hydrogen-bond donors (Lipinski definition) is 0. The van der Waals surface area contributed by atoms with Crippen molar-refractivity contribution in [3.63, 3.8) is 0 Å². The van der Waals surface area contributed by atoms with Crippen LogP contribution < -0.4 is 4.90 Å². The summed E-state index contributed by atoms with van der Waals surface area (Å²) >= 11 is 1.86. The fourth-order valence-corrected chi connectivity index (χ4v) is 8.60. The molecule has 0 aliphatic carbocycles. The first-order valence-electron chi connectivity index (χ1n) is 16.4. The third kappa shape index (κ3) is 4.31. The van der Waals surface area contributed by atoms with Gasteiger partial charge in [0.1, 0.15) is 0 Å². The lowest BCUT2D eigenvalue weighted by Gasteiger charge is -2.26. The molecule has 0 atom stereocenters. The fourth-order valence-electron chi connectivity index (χ4n) is 7.51. The normalized spacial score (nSPS) is 11.8. The summed E-state index contributed by atoms with van der Waals surface area (Å²) in [7, 11) is 0. The van der Waals surface area contributed by atoms with Gasteiger partial charge in [-0.2, -0.15) is 0 Å². The van der Waals surface area contributed by atoms with Crippen LogP contribution in [0.25, 0.3) is 74.4 Å². The molecule has 0 saturated carbocycles. The van der Waals surface area contributed by atoms with Crippen molar-refractivity contribution >= 4 is 91.7 Å². The maximum Gasteiger partial charge on any atom is 0.0468 e. The molecule has 0 radical (unpaired) electrons. The van der Waals surface area contributed by atoms with Gasteiger partial charge < -0.3 is 4.90 Å². The molecule has 2 heteroatoms. The smallest absolute Gasteiger partial charge is 0.0468 e. The highest BCUT2D eigenvalue weighted by molar-refractivity contribution is 7.25. The van der Waals surface area contributed by atoms with Crippen molar-refractivity contribution in [1.29, 1.82) is 0 Å². The van der Waals surface area contributed by atoms with Crippen molar-refractivity contribution in [2.24, 2.45) is 0 Å². The fraction of sp³-hybridized carbons (Fsp3) is 0. The molecule has 10 aromatic rings. The summed E-state index contributed by atoms with van der Waals surface area (Å²) in [5.74, 6) is 0. The molecule has 0 N–H and O–H groups in total. The van der Waals surface area contributed by atoms with Crippen LogP contribution in [0.4, 0.5) is 17.1 Å². The van der Waals surface area contributed by atoms with Crippen LogP contribution in [0.15, 0.2) is 176 Å². The van der Waals surface area contributed by atoms with Gasteiger partial charge in [-0.25, -0.2) is 0 Å². The zero-order valence-corrected chi connectivity index (χ0v) is 26.9. The summed E-state index contributed by atoms with van der Waals surface area (Å²) in [4.78, 5) is 2.41. The maximum absolute atomic E-state index is 2.41. The Morgan fingerprint density at radius 1 is 0.312 bits per heavy atom. The predicted octanol–water partition coefficient (Wildman–Crippen LogP) is 13.8. The Morgan fingerprint density at radius 2 is 0.854 bits per heavy atom. The van der Waals surface area contributed by atoms with E-state index >= 15 is 0 Å². The molecule has 0 fully saturated rings. The Bertz CT molecular complexity index is 2840. The van der Waals surface area contributed by atoms with Crippen LogP contribution in [-0.2, 0) is 0 Å². The Morgan fingerprint density at radius 3 is 1.65 bits per heavy atom. The molecule has 0 unspecified atom stereocenters. The second-order valence-electron chi connectivity index (χ2n) is 12.5. The van der Waals surface area contributed by atoms with Crippen LogP contribution >= 0.6 is 11.3 Å². The van der Waals surface area contributed by atoms with E-state index in [4.69, 9.17) is 0 Å². The summed E-state index contributed by atoms with van der Waals surface area (Å²) in [5, 5.41) is 12.8. The Hall–Kier alpha value is -5.96. The van der Waals surface area contributed by atoms with Gasteiger partial charge in [-0.05, 0) is 103 Å². The van der Waals surface area contributed by atoms with Gasteiger partial charge in [0.2, 0.25) is 0 Å². The van der Waals surface area contributed by atoms with E-state index in [1.54, 1.807) is 0 Å². The minimum absolute atomic E-state index is 1.13. The molecule has 224 valence electrons. The molecule has 0 aliphatic heterocycles. The highest BCUT2D eigenvalue weighted by Crippen LogP contribution is 2.43. The van der Waals surface area contributed by atoms with Crippen LogP contribution in [0.5, 0.6) is 0 Å². The second kappa shape index (κ2) is 10.8. The van der Waals surface area contributed by atoms with E-state index in [0.717, 1.165) is 17.1 Å². The van der Waals surface area contributed by atoms with E-state index < -0.39 is 0 Å². The average molecular weight is 628 g/mol. The van der Waals surface area contributed by atoms with E-state index in [9.17, 15) is 0 Å². The highest BCUT2D eigenvalue weighted by Gasteiger charge is 2.17. The largest absolute Gasteiger partial charge is 0.310 e. The highest BCUT2D eigenvalue weighted by atomic mass is 32.1. The lowest BCUT2D eigenvalue weighted by atomic mass is 9.94. The van der Waals surface area contributed by atoms with Crippen LogP contribution in [-0.4, -0.2) is 0 Å². The summed E-state index contributed by atoms with van der Waals surface area (Å²) in [6.07, 6.45) is 0. The predicted molar refractivity (Wildman–Crippen MR) is 209 cm³/mol. The van der Waals surface area contributed by atoms with E-state index in [0.29, 0.717) is 0 Å². The molecule has 0 spiro atoms. The number of hydrogen-bond acceptors (Lipinski definition) is 2. The number of nitrogens with zero attached hydrogens (tertiary/aromatic N) is 1. The molecular weight excluding hydrogens is 599 g/mol. The summed E-state index contributed by atoms with van der Waals surface area (Å²) in [5.41, 5.74) is 5.88. The number of thiophene rings is 1. The standard InChI is InChI=1S/C46H29NS/c1-3-10-37-31(9-1)21-26-41-38(13-7-14-40(37)41)32-18-22-34(23-19-32)47(36-25-27-46-44(29-36)42-12-5-6-15-45(42)48-46)35-24-20-33-17-16-30-8-2-4-11-39(30)43(33)28-35/h1-29H. The van der Waals surface area contributed by atoms with Gasteiger partial charge in [0.15, 0.2) is 0 Å². The van der Waals surface area contributed by atoms with Crippen molar-refractivity contribution in [3.8, 4) is 11.1 Å². The van der Waals surface area contributed by atoms with Crippen molar-refractivity contribution in [2.75, 3.05) is 4.90 Å². The van der Waals surface area contributed by atoms with Crippen LogP contribution in [0.1, 0.15) is 0 Å². The quantitative estimate of drug-likeness (QED) is 0.176. The van der Waals surface area contributed by atoms with E-state index in [1.165, 1.54) is 74.4 Å². The molecule has 48 heavy (non-hydrogen) atoms. The van der Waals surface area contributed by atoms with Gasteiger partial charge in [-0.1, -0.05) is 127 Å². The topological polar surface area (TPSA) is 3.24 Å². The molecule has 0 bridgehead atoms.